The Morgan fingerprint density at radius 2 is 1.97 bits per heavy atom. The Hall–Kier alpha value is -3.82. The zero-order valence-electron chi connectivity index (χ0n) is 16.2. The second-order valence-corrected chi connectivity index (χ2v) is 6.97. The highest BCUT2D eigenvalue weighted by molar-refractivity contribution is 6.07. The number of ether oxygens (including phenoxy) is 1. The van der Waals surface area contributed by atoms with E-state index >= 15 is 0 Å². The third-order valence-corrected chi connectivity index (χ3v) is 4.92. The van der Waals surface area contributed by atoms with Crippen molar-refractivity contribution < 1.29 is 18.7 Å². The fraction of sp³-hybridized carbons (Fsp3) is 0.250. The third-order valence-electron chi connectivity index (χ3n) is 4.92. The quantitative estimate of drug-likeness (QED) is 0.472. The van der Waals surface area contributed by atoms with Gasteiger partial charge in [-0.25, -0.2) is 13.9 Å². The topological polar surface area (TPSA) is 102 Å². The van der Waals surface area contributed by atoms with E-state index in [9.17, 15) is 14.0 Å². The molecule has 4 rings (SSSR count). The highest BCUT2D eigenvalue weighted by Gasteiger charge is 2.48. The molecule has 1 fully saturated rings. The Morgan fingerprint density at radius 3 is 2.70 bits per heavy atom. The molecule has 9 nitrogen and oxygen atoms in total. The molecule has 154 valence electrons. The van der Waals surface area contributed by atoms with Gasteiger partial charge in [-0.3, -0.25) is 9.69 Å². The summed E-state index contributed by atoms with van der Waals surface area (Å²) in [5.74, 6) is -0.161. The van der Waals surface area contributed by atoms with Crippen molar-refractivity contribution in [3.63, 3.8) is 0 Å². The maximum Gasteiger partial charge on any atom is 0.325 e. The van der Waals surface area contributed by atoms with Gasteiger partial charge in [0.1, 0.15) is 23.4 Å². The van der Waals surface area contributed by atoms with Gasteiger partial charge >= 0.3 is 6.03 Å². The van der Waals surface area contributed by atoms with Gasteiger partial charge in [0.05, 0.1) is 12.3 Å². The molecule has 2 heterocycles. The molecule has 1 N–H and O–H groups in total. The summed E-state index contributed by atoms with van der Waals surface area (Å²) in [7, 11) is 0. The number of urea groups is 1. The van der Waals surface area contributed by atoms with E-state index in [-0.39, 0.29) is 24.9 Å². The first-order chi connectivity index (χ1) is 14.5. The molecule has 0 saturated carbocycles. The van der Waals surface area contributed by atoms with Gasteiger partial charge in [-0.15, -0.1) is 5.10 Å². The van der Waals surface area contributed by atoms with E-state index in [1.807, 2.05) is 0 Å². The lowest BCUT2D eigenvalue weighted by atomic mass is 9.91. The Kier molecular flexibility index (Phi) is 5.13. The Morgan fingerprint density at radius 1 is 1.17 bits per heavy atom. The van der Waals surface area contributed by atoms with E-state index in [0.717, 1.165) is 0 Å². The second-order valence-electron chi connectivity index (χ2n) is 6.97. The van der Waals surface area contributed by atoms with Crippen LogP contribution in [-0.2, 0) is 10.3 Å². The molecule has 0 aliphatic carbocycles. The average Bonchev–Trinajstić information content (AvgIpc) is 3.36. The fourth-order valence-corrected chi connectivity index (χ4v) is 3.28. The van der Waals surface area contributed by atoms with Gasteiger partial charge in [0, 0.05) is 6.54 Å². The third kappa shape index (κ3) is 3.71. The van der Waals surface area contributed by atoms with Crippen LogP contribution in [0.2, 0.25) is 0 Å². The summed E-state index contributed by atoms with van der Waals surface area (Å²) in [5.41, 5.74) is 0.102. The van der Waals surface area contributed by atoms with Gasteiger partial charge < -0.3 is 10.1 Å². The normalized spacial score (nSPS) is 18.5. The Bertz CT molecular complexity index is 1060. The number of halogens is 1. The molecule has 0 radical (unpaired) electrons. The van der Waals surface area contributed by atoms with Gasteiger partial charge in [0.15, 0.2) is 0 Å². The van der Waals surface area contributed by atoms with E-state index in [1.165, 1.54) is 40.2 Å². The first-order valence-electron chi connectivity index (χ1n) is 9.34. The number of benzene rings is 2. The van der Waals surface area contributed by atoms with E-state index in [4.69, 9.17) is 4.74 Å². The van der Waals surface area contributed by atoms with Crippen LogP contribution in [0.25, 0.3) is 5.69 Å². The summed E-state index contributed by atoms with van der Waals surface area (Å²) in [6.07, 6.45) is 1.89. The highest BCUT2D eigenvalue weighted by Crippen LogP contribution is 2.30. The molecule has 1 aliphatic rings. The summed E-state index contributed by atoms with van der Waals surface area (Å²) in [6, 6.07) is 12.3. The number of rotatable bonds is 7. The SMILES string of the molecule is C[C@@]1(c2cccc(-n3cnnn3)c2)NC(=O)N(CCCOc2ccc(F)cc2)C1=O. The number of nitrogens with one attached hydrogen (secondary N) is 1. The molecule has 0 unspecified atom stereocenters. The summed E-state index contributed by atoms with van der Waals surface area (Å²) in [6.45, 7) is 2.16. The van der Waals surface area contributed by atoms with E-state index in [2.05, 4.69) is 20.8 Å². The number of carbonyl (C=O) groups excluding carboxylic acids is 2. The smallest absolute Gasteiger partial charge is 0.325 e. The number of imide groups is 1. The molecule has 0 bridgehead atoms. The molecule has 1 aliphatic heterocycles. The number of carbonyl (C=O) groups is 2. The number of nitrogens with zero attached hydrogens (tertiary/aromatic N) is 5. The van der Waals surface area contributed by atoms with Crippen LogP contribution in [-0.4, -0.2) is 50.2 Å². The number of hydrogen-bond donors (Lipinski definition) is 1. The molecule has 10 heteroatoms. The predicted octanol–water partition coefficient (Wildman–Crippen LogP) is 2.04. The zero-order valence-corrected chi connectivity index (χ0v) is 16.2. The lowest BCUT2D eigenvalue weighted by Crippen LogP contribution is -2.41. The molecular formula is C20H19FN6O3. The van der Waals surface area contributed by atoms with Crippen molar-refractivity contribution in [3.05, 3.63) is 66.2 Å². The van der Waals surface area contributed by atoms with E-state index in [0.29, 0.717) is 23.4 Å². The van der Waals surface area contributed by atoms with Gasteiger partial charge in [0.25, 0.3) is 5.91 Å². The highest BCUT2D eigenvalue weighted by atomic mass is 19.1. The minimum Gasteiger partial charge on any atom is -0.494 e. The number of amides is 3. The van der Waals surface area contributed by atoms with Crippen molar-refractivity contribution in [2.45, 2.75) is 18.9 Å². The van der Waals surface area contributed by atoms with Crippen LogP contribution in [0.3, 0.4) is 0 Å². The number of tetrazole rings is 1. The Balaban J connectivity index is 1.41. The average molecular weight is 410 g/mol. The van der Waals surface area contributed by atoms with Crippen molar-refractivity contribution in [3.8, 4) is 11.4 Å². The fourth-order valence-electron chi connectivity index (χ4n) is 3.28. The summed E-state index contributed by atoms with van der Waals surface area (Å²) in [5, 5.41) is 13.8. The Labute approximate surface area is 171 Å². The summed E-state index contributed by atoms with van der Waals surface area (Å²) < 4.78 is 19.9. The molecule has 2 aromatic carbocycles. The van der Waals surface area contributed by atoms with E-state index in [1.54, 1.807) is 31.2 Å². The van der Waals surface area contributed by atoms with Crippen LogP contribution >= 0.6 is 0 Å². The number of hydrogen-bond acceptors (Lipinski definition) is 6. The standard InChI is InChI=1S/C20H19FN6O3/c1-20(14-4-2-5-16(12-14)27-13-22-24-25-27)18(28)26(19(29)23-20)10-3-11-30-17-8-6-15(21)7-9-17/h2,4-9,12-13H,3,10-11H2,1H3,(H,23,29)/t20-/m0/s1. The minimum absolute atomic E-state index is 0.203. The van der Waals surface area contributed by atoms with Crippen LogP contribution in [0.5, 0.6) is 5.75 Å². The maximum absolute atomic E-state index is 13.1. The van der Waals surface area contributed by atoms with Crippen LogP contribution < -0.4 is 10.1 Å². The lowest BCUT2D eigenvalue weighted by molar-refractivity contribution is -0.131. The maximum atomic E-state index is 13.1. The predicted molar refractivity (Wildman–Crippen MR) is 103 cm³/mol. The van der Waals surface area contributed by atoms with Crippen LogP contribution in [0.1, 0.15) is 18.9 Å². The largest absolute Gasteiger partial charge is 0.494 e. The molecule has 1 aromatic heterocycles. The molecule has 3 aromatic rings. The van der Waals surface area contributed by atoms with Gasteiger partial charge in [-0.05, 0) is 65.7 Å². The van der Waals surface area contributed by atoms with Crippen molar-refractivity contribution in [1.29, 1.82) is 0 Å². The number of aromatic nitrogens is 4. The summed E-state index contributed by atoms with van der Waals surface area (Å²) >= 11 is 0. The monoisotopic (exact) mass is 410 g/mol. The molecule has 1 atom stereocenters. The molecule has 0 spiro atoms. The molecule has 3 amide bonds. The summed E-state index contributed by atoms with van der Waals surface area (Å²) in [4.78, 5) is 26.7. The molecular weight excluding hydrogens is 391 g/mol. The van der Waals surface area contributed by atoms with Gasteiger partial charge in [0.2, 0.25) is 0 Å². The van der Waals surface area contributed by atoms with Crippen molar-refractivity contribution in [2.75, 3.05) is 13.2 Å². The first kappa shape index (κ1) is 19.5. The van der Waals surface area contributed by atoms with Gasteiger partial charge in [-0.1, -0.05) is 12.1 Å². The minimum atomic E-state index is -1.20. The second kappa shape index (κ2) is 7.90. The first-order valence-corrected chi connectivity index (χ1v) is 9.34. The lowest BCUT2D eigenvalue weighted by Gasteiger charge is -2.22. The molecule has 1 saturated heterocycles. The van der Waals surface area contributed by atoms with Crippen LogP contribution in [0.4, 0.5) is 9.18 Å². The van der Waals surface area contributed by atoms with E-state index < -0.39 is 11.6 Å². The molecule has 30 heavy (non-hydrogen) atoms. The zero-order chi connectivity index (χ0) is 21.1. The van der Waals surface area contributed by atoms with Crippen LogP contribution in [0.15, 0.2) is 54.9 Å². The van der Waals surface area contributed by atoms with Gasteiger partial charge in [-0.2, -0.15) is 0 Å². The van der Waals surface area contributed by atoms with Crippen LogP contribution in [0, 0.1) is 5.82 Å². The van der Waals surface area contributed by atoms with Crippen molar-refractivity contribution in [2.24, 2.45) is 0 Å². The van der Waals surface area contributed by atoms with Crippen molar-refractivity contribution in [1.82, 2.24) is 30.4 Å². The van der Waals surface area contributed by atoms with Crippen molar-refractivity contribution >= 4 is 11.9 Å².